The minimum atomic E-state index is -0.363. The summed E-state index contributed by atoms with van der Waals surface area (Å²) in [7, 11) is 0. The van der Waals surface area contributed by atoms with Crippen molar-refractivity contribution in [3.63, 3.8) is 0 Å². The Bertz CT molecular complexity index is 536. The van der Waals surface area contributed by atoms with E-state index >= 15 is 0 Å². The number of aliphatic hydroxyl groups excluding tert-OH is 1. The number of aliphatic hydroxyl groups is 1. The first kappa shape index (κ1) is 19.5. The SMILES string of the molecule is Cc1cc(C)c(C)c(OCCC(=O)NCC(C)(C)CC(C)O)c1. The highest BCUT2D eigenvalue weighted by molar-refractivity contribution is 5.76. The summed E-state index contributed by atoms with van der Waals surface area (Å²) in [5.74, 6) is 0.829. The monoisotopic (exact) mass is 321 g/mol. The molecule has 4 nitrogen and oxygen atoms in total. The molecule has 0 fully saturated rings. The molecule has 1 aromatic carbocycles. The zero-order valence-electron chi connectivity index (χ0n) is 15.3. The summed E-state index contributed by atoms with van der Waals surface area (Å²) < 4.78 is 5.76. The van der Waals surface area contributed by atoms with E-state index in [2.05, 4.69) is 18.3 Å². The molecule has 4 heteroatoms. The molecule has 0 bridgehead atoms. The number of carbonyl (C=O) groups excluding carboxylic acids is 1. The first-order chi connectivity index (χ1) is 10.6. The molecule has 1 atom stereocenters. The number of hydrogen-bond donors (Lipinski definition) is 2. The van der Waals surface area contributed by atoms with Gasteiger partial charge in [0.05, 0.1) is 19.1 Å². The maximum Gasteiger partial charge on any atom is 0.223 e. The van der Waals surface area contributed by atoms with Crippen molar-refractivity contribution in [1.82, 2.24) is 5.32 Å². The predicted molar refractivity (Wildman–Crippen MR) is 93.9 cm³/mol. The van der Waals surface area contributed by atoms with E-state index in [1.807, 2.05) is 33.8 Å². The van der Waals surface area contributed by atoms with Crippen molar-refractivity contribution in [2.45, 2.75) is 60.5 Å². The zero-order chi connectivity index (χ0) is 17.6. The van der Waals surface area contributed by atoms with Crippen LogP contribution in [0.25, 0.3) is 0 Å². The van der Waals surface area contributed by atoms with Crippen LogP contribution in [0.3, 0.4) is 0 Å². The molecular weight excluding hydrogens is 290 g/mol. The molecule has 0 radical (unpaired) electrons. The molecule has 0 aliphatic rings. The van der Waals surface area contributed by atoms with E-state index in [4.69, 9.17) is 4.74 Å². The van der Waals surface area contributed by atoms with Crippen molar-refractivity contribution in [2.75, 3.05) is 13.2 Å². The lowest BCUT2D eigenvalue weighted by Crippen LogP contribution is -2.36. The van der Waals surface area contributed by atoms with E-state index in [9.17, 15) is 9.90 Å². The summed E-state index contributed by atoms with van der Waals surface area (Å²) in [6.45, 7) is 12.9. The number of carbonyl (C=O) groups is 1. The van der Waals surface area contributed by atoms with E-state index in [-0.39, 0.29) is 17.4 Å². The van der Waals surface area contributed by atoms with E-state index < -0.39 is 0 Å². The topological polar surface area (TPSA) is 58.6 Å². The Hall–Kier alpha value is -1.55. The van der Waals surface area contributed by atoms with Crippen LogP contribution < -0.4 is 10.1 Å². The number of nitrogens with one attached hydrogen (secondary N) is 1. The zero-order valence-corrected chi connectivity index (χ0v) is 15.3. The number of hydrogen-bond acceptors (Lipinski definition) is 3. The third kappa shape index (κ3) is 7.04. The van der Waals surface area contributed by atoms with Crippen LogP contribution >= 0.6 is 0 Å². The van der Waals surface area contributed by atoms with Gasteiger partial charge in [0.2, 0.25) is 5.91 Å². The normalized spacial score (nSPS) is 12.8. The fourth-order valence-electron chi connectivity index (χ4n) is 2.70. The Labute approximate surface area is 140 Å². The van der Waals surface area contributed by atoms with Crippen molar-refractivity contribution in [3.05, 3.63) is 28.8 Å². The van der Waals surface area contributed by atoms with Crippen molar-refractivity contribution >= 4 is 5.91 Å². The van der Waals surface area contributed by atoms with Gasteiger partial charge in [-0.3, -0.25) is 4.79 Å². The second kappa shape index (κ2) is 8.34. The minimum Gasteiger partial charge on any atom is -0.493 e. The van der Waals surface area contributed by atoms with Crippen LogP contribution in [0, 0.1) is 26.2 Å². The maximum atomic E-state index is 11.9. The van der Waals surface area contributed by atoms with Crippen molar-refractivity contribution < 1.29 is 14.6 Å². The third-order valence-corrected chi connectivity index (χ3v) is 3.96. The largest absolute Gasteiger partial charge is 0.493 e. The molecule has 0 saturated heterocycles. The van der Waals surface area contributed by atoms with Crippen LogP contribution in [0.2, 0.25) is 0 Å². The number of ether oxygens (including phenoxy) is 1. The van der Waals surface area contributed by atoms with Crippen LogP contribution in [-0.4, -0.2) is 30.3 Å². The average Bonchev–Trinajstić information content (AvgIpc) is 2.40. The summed E-state index contributed by atoms with van der Waals surface area (Å²) in [5, 5.41) is 12.4. The molecule has 2 N–H and O–H groups in total. The van der Waals surface area contributed by atoms with E-state index in [1.54, 1.807) is 6.92 Å². The maximum absolute atomic E-state index is 11.9. The van der Waals surface area contributed by atoms with E-state index in [1.165, 1.54) is 5.56 Å². The molecule has 0 aliphatic carbocycles. The number of aryl methyl sites for hydroxylation is 2. The van der Waals surface area contributed by atoms with Crippen LogP contribution in [0.15, 0.2) is 12.1 Å². The first-order valence-electron chi connectivity index (χ1n) is 8.26. The van der Waals surface area contributed by atoms with Gasteiger partial charge >= 0.3 is 0 Å². The minimum absolute atomic E-state index is 0.0225. The van der Waals surface area contributed by atoms with Crippen LogP contribution in [0.1, 0.15) is 50.3 Å². The van der Waals surface area contributed by atoms with Crippen LogP contribution in [0.5, 0.6) is 5.75 Å². The van der Waals surface area contributed by atoms with Gasteiger partial charge in [0.25, 0.3) is 0 Å². The van der Waals surface area contributed by atoms with Gasteiger partial charge in [0, 0.05) is 6.54 Å². The lowest BCUT2D eigenvalue weighted by atomic mass is 9.87. The van der Waals surface area contributed by atoms with Gasteiger partial charge in [0.1, 0.15) is 5.75 Å². The second-order valence-corrected chi connectivity index (χ2v) is 7.30. The molecule has 0 saturated carbocycles. The fraction of sp³-hybridized carbons (Fsp3) is 0.632. The van der Waals surface area contributed by atoms with Crippen LogP contribution in [-0.2, 0) is 4.79 Å². The molecule has 0 spiro atoms. The standard InChI is InChI=1S/C19H31NO3/c1-13-9-14(2)16(4)17(10-13)23-8-7-18(22)20-12-19(5,6)11-15(3)21/h9-10,15,21H,7-8,11-12H2,1-6H3,(H,20,22). The van der Waals surface area contributed by atoms with Gasteiger partial charge in [-0.25, -0.2) is 0 Å². The number of amides is 1. The summed E-state index contributed by atoms with van der Waals surface area (Å²) in [6, 6.07) is 4.13. The smallest absolute Gasteiger partial charge is 0.223 e. The van der Waals surface area contributed by atoms with Gasteiger partial charge in [-0.05, 0) is 62.3 Å². The van der Waals surface area contributed by atoms with Gasteiger partial charge in [-0.15, -0.1) is 0 Å². The van der Waals surface area contributed by atoms with Gasteiger partial charge in [0.15, 0.2) is 0 Å². The number of benzene rings is 1. The van der Waals surface area contributed by atoms with Gasteiger partial charge in [-0.2, -0.15) is 0 Å². The van der Waals surface area contributed by atoms with Gasteiger partial charge in [-0.1, -0.05) is 19.9 Å². The molecule has 130 valence electrons. The molecule has 0 heterocycles. The lowest BCUT2D eigenvalue weighted by Gasteiger charge is -2.26. The molecule has 1 rings (SSSR count). The molecule has 1 unspecified atom stereocenters. The second-order valence-electron chi connectivity index (χ2n) is 7.30. The molecule has 0 aliphatic heterocycles. The average molecular weight is 321 g/mol. The van der Waals surface area contributed by atoms with Crippen molar-refractivity contribution in [3.8, 4) is 5.75 Å². The number of rotatable bonds is 8. The van der Waals surface area contributed by atoms with Crippen molar-refractivity contribution in [1.29, 1.82) is 0 Å². The molecule has 23 heavy (non-hydrogen) atoms. The summed E-state index contributed by atoms with van der Waals surface area (Å²) >= 11 is 0. The van der Waals surface area contributed by atoms with Crippen molar-refractivity contribution in [2.24, 2.45) is 5.41 Å². The lowest BCUT2D eigenvalue weighted by molar-refractivity contribution is -0.122. The highest BCUT2D eigenvalue weighted by Gasteiger charge is 2.21. The highest BCUT2D eigenvalue weighted by Crippen LogP contribution is 2.23. The predicted octanol–water partition coefficient (Wildman–Crippen LogP) is 3.29. The third-order valence-electron chi connectivity index (χ3n) is 3.96. The van der Waals surface area contributed by atoms with Crippen LogP contribution in [0.4, 0.5) is 0 Å². The Morgan fingerprint density at radius 1 is 1.30 bits per heavy atom. The van der Waals surface area contributed by atoms with E-state index in [0.717, 1.165) is 16.9 Å². The van der Waals surface area contributed by atoms with E-state index in [0.29, 0.717) is 26.0 Å². The Kier molecular flexibility index (Phi) is 7.07. The quantitative estimate of drug-likeness (QED) is 0.772. The Morgan fingerprint density at radius 2 is 1.96 bits per heavy atom. The molecule has 1 amide bonds. The molecule has 0 aromatic heterocycles. The highest BCUT2D eigenvalue weighted by atomic mass is 16.5. The fourth-order valence-corrected chi connectivity index (χ4v) is 2.70. The van der Waals surface area contributed by atoms with Gasteiger partial charge < -0.3 is 15.2 Å². The molecule has 1 aromatic rings. The first-order valence-corrected chi connectivity index (χ1v) is 8.26. The summed E-state index contributed by atoms with van der Waals surface area (Å²) in [4.78, 5) is 11.9. The summed E-state index contributed by atoms with van der Waals surface area (Å²) in [6.07, 6.45) is 0.626. The Balaban J connectivity index is 2.40. The molecular formula is C19H31NO3. The summed E-state index contributed by atoms with van der Waals surface area (Å²) in [5.41, 5.74) is 3.36. The Morgan fingerprint density at radius 3 is 2.57 bits per heavy atom.